The molecule has 0 aromatic heterocycles. The van der Waals surface area contributed by atoms with E-state index in [1.165, 1.54) is 50.7 Å². The average Bonchev–Trinajstić information content (AvgIpc) is 2.76. The van der Waals surface area contributed by atoms with Gasteiger partial charge in [0.1, 0.15) is 6.10 Å². The van der Waals surface area contributed by atoms with E-state index in [0.29, 0.717) is 6.54 Å². The molecule has 2 N–H and O–H groups in total. The zero-order chi connectivity index (χ0) is 11.6. The Hall–Kier alpha value is -0.570. The Bertz CT molecular complexity index is 204. The minimum absolute atomic E-state index is 0.152. The quantitative estimate of drug-likeness (QED) is 0.614. The number of hydrogen-bond donors (Lipinski definition) is 1. The smallest absolute Gasteiger partial charge is 0.145 e. The molecule has 0 saturated heterocycles. The molecule has 1 rings (SSSR count). The van der Waals surface area contributed by atoms with Gasteiger partial charge in [-0.3, -0.25) is 0 Å². The summed E-state index contributed by atoms with van der Waals surface area (Å²) in [5, 5.41) is 4.07. The molecular formula is C13H26N2O. The van der Waals surface area contributed by atoms with Gasteiger partial charge in [0, 0.05) is 13.0 Å². The molecule has 3 nitrogen and oxygen atoms in total. The van der Waals surface area contributed by atoms with Crippen LogP contribution in [0.4, 0.5) is 0 Å². The van der Waals surface area contributed by atoms with E-state index in [0.717, 1.165) is 12.8 Å². The van der Waals surface area contributed by atoms with Gasteiger partial charge in [-0.05, 0) is 12.8 Å². The Morgan fingerprint density at radius 2 is 1.88 bits per heavy atom. The van der Waals surface area contributed by atoms with Gasteiger partial charge in [-0.25, -0.2) is 0 Å². The van der Waals surface area contributed by atoms with Crippen LogP contribution < -0.4 is 5.73 Å². The molecule has 0 radical (unpaired) electrons. The number of nitrogens with two attached hydrogens (primary N) is 1. The van der Waals surface area contributed by atoms with Crippen molar-refractivity contribution in [2.75, 3.05) is 6.54 Å². The molecule has 1 unspecified atom stereocenters. The summed E-state index contributed by atoms with van der Waals surface area (Å²) in [6.07, 6.45) is 11.7. The minimum atomic E-state index is 0.152. The third kappa shape index (κ3) is 5.50. The summed E-state index contributed by atoms with van der Waals surface area (Å²) in [7, 11) is 0. The van der Waals surface area contributed by atoms with Crippen LogP contribution >= 0.6 is 0 Å². The maximum absolute atomic E-state index is 5.52. The van der Waals surface area contributed by atoms with Crippen molar-refractivity contribution >= 4 is 5.71 Å². The lowest BCUT2D eigenvalue weighted by molar-refractivity contribution is 0.0918. The number of oxime groups is 1. The second kappa shape index (κ2) is 8.57. The van der Waals surface area contributed by atoms with Crippen LogP contribution in [0.1, 0.15) is 64.7 Å². The SMILES string of the molecule is CCCCCCCCCC1=NOC(CN)C1. The van der Waals surface area contributed by atoms with Gasteiger partial charge in [0.15, 0.2) is 0 Å². The minimum Gasteiger partial charge on any atom is -0.391 e. The van der Waals surface area contributed by atoms with Crippen molar-refractivity contribution in [3.8, 4) is 0 Å². The van der Waals surface area contributed by atoms with E-state index in [1.54, 1.807) is 0 Å². The Labute approximate surface area is 99.4 Å². The molecule has 16 heavy (non-hydrogen) atoms. The summed E-state index contributed by atoms with van der Waals surface area (Å²) in [6, 6.07) is 0. The van der Waals surface area contributed by atoms with E-state index < -0.39 is 0 Å². The molecule has 3 heteroatoms. The first-order valence-corrected chi connectivity index (χ1v) is 6.78. The van der Waals surface area contributed by atoms with E-state index in [2.05, 4.69) is 12.1 Å². The molecule has 0 saturated carbocycles. The largest absolute Gasteiger partial charge is 0.391 e. The van der Waals surface area contributed by atoms with Crippen LogP contribution in [-0.4, -0.2) is 18.4 Å². The highest BCUT2D eigenvalue weighted by atomic mass is 16.6. The summed E-state index contributed by atoms with van der Waals surface area (Å²) in [6.45, 7) is 2.84. The van der Waals surface area contributed by atoms with Crippen molar-refractivity contribution in [3.63, 3.8) is 0 Å². The second-order valence-electron chi connectivity index (χ2n) is 4.70. The topological polar surface area (TPSA) is 47.6 Å². The Kier molecular flexibility index (Phi) is 7.23. The van der Waals surface area contributed by atoms with Gasteiger partial charge >= 0.3 is 0 Å². The molecule has 1 atom stereocenters. The van der Waals surface area contributed by atoms with Crippen molar-refractivity contribution in [2.24, 2.45) is 10.9 Å². The van der Waals surface area contributed by atoms with Gasteiger partial charge in [-0.1, -0.05) is 50.6 Å². The lowest BCUT2D eigenvalue weighted by Gasteiger charge is -2.02. The predicted octanol–water partition coefficient (Wildman–Crippen LogP) is 3.23. The van der Waals surface area contributed by atoms with Gasteiger partial charge in [-0.2, -0.15) is 0 Å². The molecule has 94 valence electrons. The predicted molar refractivity (Wildman–Crippen MR) is 68.6 cm³/mol. The Morgan fingerprint density at radius 3 is 2.50 bits per heavy atom. The van der Waals surface area contributed by atoms with Crippen molar-refractivity contribution < 1.29 is 4.84 Å². The molecular weight excluding hydrogens is 200 g/mol. The molecule has 0 fully saturated rings. The fraction of sp³-hybridized carbons (Fsp3) is 0.923. The molecule has 0 bridgehead atoms. The Balaban J connectivity index is 1.88. The van der Waals surface area contributed by atoms with Crippen molar-refractivity contribution in [2.45, 2.75) is 70.8 Å². The number of unbranched alkanes of at least 4 members (excludes halogenated alkanes) is 6. The van der Waals surface area contributed by atoms with E-state index >= 15 is 0 Å². The zero-order valence-electron chi connectivity index (χ0n) is 10.6. The van der Waals surface area contributed by atoms with Gasteiger partial charge in [0.05, 0.1) is 5.71 Å². The summed E-state index contributed by atoms with van der Waals surface area (Å²) in [4.78, 5) is 5.19. The molecule has 1 aliphatic rings. The van der Waals surface area contributed by atoms with Crippen molar-refractivity contribution in [1.82, 2.24) is 0 Å². The van der Waals surface area contributed by atoms with Crippen LogP contribution in [0.15, 0.2) is 5.16 Å². The van der Waals surface area contributed by atoms with Crippen LogP contribution in [0.25, 0.3) is 0 Å². The van der Waals surface area contributed by atoms with E-state index in [4.69, 9.17) is 10.6 Å². The number of rotatable bonds is 9. The van der Waals surface area contributed by atoms with E-state index in [-0.39, 0.29) is 6.10 Å². The van der Waals surface area contributed by atoms with Gasteiger partial charge in [-0.15, -0.1) is 0 Å². The third-order valence-electron chi connectivity index (χ3n) is 3.13. The maximum atomic E-state index is 5.52. The highest BCUT2D eigenvalue weighted by Gasteiger charge is 2.18. The van der Waals surface area contributed by atoms with Crippen LogP contribution in [0.5, 0.6) is 0 Å². The lowest BCUT2D eigenvalue weighted by atomic mass is 10.0. The normalized spacial score (nSPS) is 19.6. The highest BCUT2D eigenvalue weighted by Crippen LogP contribution is 2.15. The average molecular weight is 226 g/mol. The molecule has 0 aliphatic carbocycles. The Morgan fingerprint density at radius 1 is 1.19 bits per heavy atom. The summed E-state index contributed by atoms with van der Waals surface area (Å²) >= 11 is 0. The summed E-state index contributed by atoms with van der Waals surface area (Å²) < 4.78 is 0. The fourth-order valence-corrected chi connectivity index (χ4v) is 2.05. The van der Waals surface area contributed by atoms with E-state index in [9.17, 15) is 0 Å². The third-order valence-corrected chi connectivity index (χ3v) is 3.13. The first-order valence-electron chi connectivity index (χ1n) is 6.78. The van der Waals surface area contributed by atoms with E-state index in [1.807, 2.05) is 0 Å². The monoisotopic (exact) mass is 226 g/mol. The van der Waals surface area contributed by atoms with Gasteiger partial charge in [0.2, 0.25) is 0 Å². The van der Waals surface area contributed by atoms with Crippen LogP contribution in [0, 0.1) is 0 Å². The maximum Gasteiger partial charge on any atom is 0.145 e. The first-order chi connectivity index (χ1) is 7.86. The fourth-order valence-electron chi connectivity index (χ4n) is 2.05. The molecule has 0 aromatic rings. The lowest BCUT2D eigenvalue weighted by Crippen LogP contribution is -2.19. The molecule has 1 heterocycles. The van der Waals surface area contributed by atoms with Gasteiger partial charge < -0.3 is 10.6 Å². The summed E-state index contributed by atoms with van der Waals surface area (Å²) in [5.41, 5.74) is 6.73. The van der Waals surface area contributed by atoms with Gasteiger partial charge in [0.25, 0.3) is 0 Å². The second-order valence-corrected chi connectivity index (χ2v) is 4.70. The molecule has 0 amide bonds. The zero-order valence-corrected chi connectivity index (χ0v) is 10.6. The van der Waals surface area contributed by atoms with Crippen LogP contribution in [0.3, 0.4) is 0 Å². The highest BCUT2D eigenvalue weighted by molar-refractivity contribution is 5.85. The molecule has 0 spiro atoms. The van der Waals surface area contributed by atoms with Crippen LogP contribution in [-0.2, 0) is 4.84 Å². The van der Waals surface area contributed by atoms with Crippen molar-refractivity contribution in [1.29, 1.82) is 0 Å². The molecule has 1 aliphatic heterocycles. The molecule has 0 aromatic carbocycles. The van der Waals surface area contributed by atoms with Crippen molar-refractivity contribution in [3.05, 3.63) is 0 Å². The summed E-state index contributed by atoms with van der Waals surface area (Å²) in [5.74, 6) is 0. The number of hydrogen-bond acceptors (Lipinski definition) is 3. The standard InChI is InChI=1S/C13H26N2O/c1-2-3-4-5-6-7-8-9-12-10-13(11-14)16-15-12/h13H,2-11,14H2,1H3. The van der Waals surface area contributed by atoms with Crippen LogP contribution in [0.2, 0.25) is 0 Å². The first kappa shape index (κ1) is 13.5. The number of nitrogens with zero attached hydrogens (tertiary/aromatic N) is 1.